The van der Waals surface area contributed by atoms with Gasteiger partial charge in [-0.3, -0.25) is 4.79 Å². The van der Waals surface area contributed by atoms with E-state index in [9.17, 15) is 4.79 Å². The van der Waals surface area contributed by atoms with Gasteiger partial charge in [-0.1, -0.05) is 24.9 Å². The van der Waals surface area contributed by atoms with Crippen LogP contribution < -0.4 is 5.32 Å². The van der Waals surface area contributed by atoms with Gasteiger partial charge in [0.25, 0.3) is 5.91 Å². The van der Waals surface area contributed by atoms with Crippen molar-refractivity contribution in [1.29, 1.82) is 0 Å². The summed E-state index contributed by atoms with van der Waals surface area (Å²) in [6.07, 6.45) is 4.75. The predicted molar refractivity (Wildman–Crippen MR) is 60.1 cm³/mol. The van der Waals surface area contributed by atoms with Gasteiger partial charge in [-0.25, -0.2) is 0 Å². The van der Waals surface area contributed by atoms with Gasteiger partial charge in [-0.15, -0.1) is 0 Å². The predicted octanol–water partition coefficient (Wildman–Crippen LogP) is 2.29. The van der Waals surface area contributed by atoms with Crippen LogP contribution >= 0.6 is 0 Å². The van der Waals surface area contributed by atoms with Crippen molar-refractivity contribution in [2.75, 3.05) is 0 Å². The van der Waals surface area contributed by atoms with Crippen LogP contribution in [-0.2, 0) is 0 Å². The lowest BCUT2D eigenvalue weighted by atomic mass is 9.86. The second kappa shape index (κ2) is 4.68. The Balaban J connectivity index is 1.96. The monoisotopic (exact) mass is 222 g/mol. The number of aryl methyl sites for hydroxylation is 1. The first-order valence-corrected chi connectivity index (χ1v) is 5.91. The summed E-state index contributed by atoms with van der Waals surface area (Å²) in [4.78, 5) is 11.8. The lowest BCUT2D eigenvalue weighted by Gasteiger charge is -2.29. The summed E-state index contributed by atoms with van der Waals surface area (Å²) in [5.74, 6) is 1.11. The molecule has 1 aromatic rings. The largest absolute Gasteiger partial charge is 0.361 e. The Labute approximate surface area is 95.4 Å². The van der Waals surface area contributed by atoms with Gasteiger partial charge in [-0.05, 0) is 25.7 Å². The minimum atomic E-state index is -0.115. The zero-order chi connectivity index (χ0) is 11.5. The van der Waals surface area contributed by atoms with Crippen molar-refractivity contribution < 1.29 is 9.32 Å². The van der Waals surface area contributed by atoms with Crippen LogP contribution in [0.3, 0.4) is 0 Å². The SMILES string of the molecule is Cc1cc(C(=O)NC2CCCCC2C)no1. The van der Waals surface area contributed by atoms with Gasteiger partial charge < -0.3 is 9.84 Å². The molecule has 1 fully saturated rings. The van der Waals surface area contributed by atoms with Crippen LogP contribution in [0.4, 0.5) is 0 Å². The first kappa shape index (κ1) is 11.2. The lowest BCUT2D eigenvalue weighted by molar-refractivity contribution is 0.0901. The minimum absolute atomic E-state index is 0.115. The zero-order valence-corrected chi connectivity index (χ0v) is 9.82. The molecular weight excluding hydrogens is 204 g/mol. The van der Waals surface area contributed by atoms with E-state index in [1.165, 1.54) is 19.3 Å². The number of rotatable bonds is 2. The summed E-state index contributed by atoms with van der Waals surface area (Å²) in [7, 11) is 0. The van der Waals surface area contributed by atoms with Crippen molar-refractivity contribution in [3.05, 3.63) is 17.5 Å². The van der Waals surface area contributed by atoms with Crippen molar-refractivity contribution in [3.8, 4) is 0 Å². The molecule has 1 aliphatic rings. The Morgan fingerprint density at radius 1 is 1.50 bits per heavy atom. The molecule has 16 heavy (non-hydrogen) atoms. The first-order valence-electron chi connectivity index (χ1n) is 5.91. The molecule has 0 spiro atoms. The Kier molecular flexibility index (Phi) is 3.27. The van der Waals surface area contributed by atoms with Crippen LogP contribution in [0, 0.1) is 12.8 Å². The molecule has 1 aliphatic carbocycles. The van der Waals surface area contributed by atoms with Gasteiger partial charge in [0.05, 0.1) is 0 Å². The van der Waals surface area contributed by atoms with Gasteiger partial charge in [0.1, 0.15) is 5.76 Å². The number of amides is 1. The molecule has 1 amide bonds. The number of hydrogen-bond acceptors (Lipinski definition) is 3. The Morgan fingerprint density at radius 2 is 2.25 bits per heavy atom. The summed E-state index contributed by atoms with van der Waals surface area (Å²) in [6, 6.07) is 1.96. The van der Waals surface area contributed by atoms with Crippen LogP contribution in [0.5, 0.6) is 0 Å². The lowest BCUT2D eigenvalue weighted by Crippen LogP contribution is -2.41. The molecule has 2 atom stereocenters. The number of nitrogens with zero attached hydrogens (tertiary/aromatic N) is 1. The first-order chi connectivity index (χ1) is 7.66. The molecule has 0 bridgehead atoms. The Bertz CT molecular complexity index is 373. The average Bonchev–Trinajstić information content (AvgIpc) is 2.68. The highest BCUT2D eigenvalue weighted by Crippen LogP contribution is 2.23. The van der Waals surface area contributed by atoms with Crippen molar-refractivity contribution in [1.82, 2.24) is 10.5 Å². The van der Waals surface area contributed by atoms with Crippen molar-refractivity contribution >= 4 is 5.91 Å². The van der Waals surface area contributed by atoms with E-state index in [2.05, 4.69) is 17.4 Å². The fourth-order valence-corrected chi connectivity index (χ4v) is 2.25. The van der Waals surface area contributed by atoms with Crippen LogP contribution in [0.15, 0.2) is 10.6 Å². The van der Waals surface area contributed by atoms with E-state index in [0.29, 0.717) is 23.4 Å². The molecule has 0 aromatic carbocycles. The molecule has 0 saturated heterocycles. The van der Waals surface area contributed by atoms with E-state index in [4.69, 9.17) is 4.52 Å². The molecule has 88 valence electrons. The topological polar surface area (TPSA) is 55.1 Å². The highest BCUT2D eigenvalue weighted by atomic mass is 16.5. The quantitative estimate of drug-likeness (QED) is 0.835. The fraction of sp³-hybridized carbons (Fsp3) is 0.667. The second-order valence-corrected chi connectivity index (χ2v) is 4.66. The van der Waals surface area contributed by atoms with Gasteiger partial charge in [-0.2, -0.15) is 0 Å². The van der Waals surface area contributed by atoms with E-state index < -0.39 is 0 Å². The third-order valence-corrected chi connectivity index (χ3v) is 3.29. The minimum Gasteiger partial charge on any atom is -0.361 e. The summed E-state index contributed by atoms with van der Waals surface area (Å²) < 4.78 is 4.89. The summed E-state index contributed by atoms with van der Waals surface area (Å²) in [5.41, 5.74) is 0.385. The summed E-state index contributed by atoms with van der Waals surface area (Å²) in [5, 5.41) is 6.76. The summed E-state index contributed by atoms with van der Waals surface area (Å²) >= 11 is 0. The van der Waals surface area contributed by atoms with Crippen LogP contribution in [0.25, 0.3) is 0 Å². The molecule has 2 rings (SSSR count). The van der Waals surface area contributed by atoms with E-state index in [1.54, 1.807) is 13.0 Å². The Hall–Kier alpha value is -1.32. The third-order valence-electron chi connectivity index (χ3n) is 3.29. The molecule has 4 nitrogen and oxygen atoms in total. The smallest absolute Gasteiger partial charge is 0.273 e. The van der Waals surface area contributed by atoms with E-state index >= 15 is 0 Å². The number of carbonyl (C=O) groups excluding carboxylic acids is 1. The molecular formula is C12H18N2O2. The van der Waals surface area contributed by atoms with Gasteiger partial charge in [0, 0.05) is 12.1 Å². The number of aromatic nitrogens is 1. The Morgan fingerprint density at radius 3 is 2.88 bits per heavy atom. The van der Waals surface area contributed by atoms with E-state index in [0.717, 1.165) is 6.42 Å². The average molecular weight is 222 g/mol. The maximum absolute atomic E-state index is 11.8. The number of hydrogen-bond donors (Lipinski definition) is 1. The van der Waals surface area contributed by atoms with Crippen LogP contribution in [0.1, 0.15) is 48.9 Å². The third kappa shape index (κ3) is 2.43. The molecule has 0 radical (unpaired) electrons. The molecule has 2 unspecified atom stereocenters. The van der Waals surface area contributed by atoms with Crippen molar-refractivity contribution in [3.63, 3.8) is 0 Å². The van der Waals surface area contributed by atoms with E-state index in [1.807, 2.05) is 0 Å². The van der Waals surface area contributed by atoms with Crippen LogP contribution in [-0.4, -0.2) is 17.1 Å². The van der Waals surface area contributed by atoms with Gasteiger partial charge >= 0.3 is 0 Å². The van der Waals surface area contributed by atoms with Gasteiger partial charge in [0.15, 0.2) is 5.69 Å². The standard InChI is InChI=1S/C12H18N2O2/c1-8-5-3-4-6-10(8)13-12(15)11-7-9(2)16-14-11/h7-8,10H,3-6H2,1-2H3,(H,13,15). The number of nitrogens with one attached hydrogen (secondary N) is 1. The fourth-order valence-electron chi connectivity index (χ4n) is 2.25. The normalized spacial score (nSPS) is 25.4. The molecule has 1 aromatic heterocycles. The van der Waals surface area contributed by atoms with E-state index in [-0.39, 0.29) is 5.91 Å². The van der Waals surface area contributed by atoms with Crippen molar-refractivity contribution in [2.45, 2.75) is 45.6 Å². The summed E-state index contributed by atoms with van der Waals surface area (Å²) in [6.45, 7) is 3.98. The highest BCUT2D eigenvalue weighted by Gasteiger charge is 2.24. The molecule has 1 heterocycles. The van der Waals surface area contributed by atoms with Crippen molar-refractivity contribution in [2.24, 2.45) is 5.92 Å². The van der Waals surface area contributed by atoms with Gasteiger partial charge in [0.2, 0.25) is 0 Å². The molecule has 0 aliphatic heterocycles. The maximum Gasteiger partial charge on any atom is 0.273 e. The molecule has 4 heteroatoms. The zero-order valence-electron chi connectivity index (χ0n) is 9.82. The molecule has 1 saturated carbocycles. The van der Waals surface area contributed by atoms with Crippen LogP contribution in [0.2, 0.25) is 0 Å². The molecule has 1 N–H and O–H groups in total. The maximum atomic E-state index is 11.8. The number of carbonyl (C=O) groups is 1. The highest BCUT2D eigenvalue weighted by molar-refractivity contribution is 5.92. The second-order valence-electron chi connectivity index (χ2n) is 4.66.